The largest absolute Gasteiger partial charge is 0.493 e. The van der Waals surface area contributed by atoms with Gasteiger partial charge < -0.3 is 20.4 Å². The second-order valence-electron chi connectivity index (χ2n) is 10.8. The van der Waals surface area contributed by atoms with Crippen LogP contribution in [-0.2, 0) is 4.79 Å². The predicted octanol–water partition coefficient (Wildman–Crippen LogP) is 4.84. The lowest BCUT2D eigenvalue weighted by atomic mass is 9.82. The molecule has 3 atom stereocenters. The van der Waals surface area contributed by atoms with E-state index >= 15 is 0 Å². The molecule has 3 N–H and O–H groups in total. The van der Waals surface area contributed by atoms with Gasteiger partial charge >= 0.3 is 0 Å². The quantitative estimate of drug-likeness (QED) is 0.407. The molecule has 2 amide bonds. The van der Waals surface area contributed by atoms with Gasteiger partial charge in [0.2, 0.25) is 5.91 Å². The molecular weight excluding hydrogens is 466 g/mol. The molecule has 0 spiro atoms. The minimum atomic E-state index is -0.129. The Morgan fingerprint density at radius 1 is 1.11 bits per heavy atom. The minimum Gasteiger partial charge on any atom is -0.493 e. The summed E-state index contributed by atoms with van der Waals surface area (Å²) in [6, 6.07) is 6.35. The molecule has 2 fully saturated rings. The Hall–Kier alpha value is -3.42. The number of carbonyl (C=O) groups excluding carboxylic acids is 2. The summed E-state index contributed by atoms with van der Waals surface area (Å²) in [5.41, 5.74) is 5.43. The number of nitrogens with one attached hydrogen (secondary N) is 3. The van der Waals surface area contributed by atoms with Crippen LogP contribution in [0.2, 0.25) is 0 Å². The van der Waals surface area contributed by atoms with Crippen LogP contribution < -0.4 is 15.4 Å². The Morgan fingerprint density at radius 3 is 2.65 bits per heavy atom. The maximum atomic E-state index is 13.5. The van der Waals surface area contributed by atoms with Crippen LogP contribution in [0.5, 0.6) is 5.75 Å². The molecule has 37 heavy (non-hydrogen) atoms. The minimum absolute atomic E-state index is 0.0483. The summed E-state index contributed by atoms with van der Waals surface area (Å²) >= 11 is 0. The Kier molecular flexibility index (Phi) is 7.17. The van der Waals surface area contributed by atoms with Crippen molar-refractivity contribution in [3.05, 3.63) is 41.3 Å². The molecular formula is C29H37N5O3. The van der Waals surface area contributed by atoms with Gasteiger partial charge in [-0.3, -0.25) is 9.59 Å². The fraction of sp³-hybridized carbons (Fsp3) is 0.517. The van der Waals surface area contributed by atoms with Gasteiger partial charge in [0.25, 0.3) is 5.91 Å². The van der Waals surface area contributed by atoms with Gasteiger partial charge in [0.05, 0.1) is 17.7 Å². The number of nitrogens with zero attached hydrogens (tertiary/aromatic N) is 2. The Morgan fingerprint density at radius 2 is 1.92 bits per heavy atom. The first-order valence-electron chi connectivity index (χ1n) is 13.5. The number of hydrogen-bond acceptors (Lipinski definition) is 5. The van der Waals surface area contributed by atoms with Crippen LogP contribution in [0.1, 0.15) is 74.0 Å². The van der Waals surface area contributed by atoms with Crippen molar-refractivity contribution in [2.45, 2.75) is 78.3 Å². The number of benzene rings is 1. The Balaban J connectivity index is 1.39. The first-order valence-corrected chi connectivity index (χ1v) is 13.5. The summed E-state index contributed by atoms with van der Waals surface area (Å²) in [6.07, 6.45) is 7.00. The molecule has 0 unspecified atom stereocenters. The van der Waals surface area contributed by atoms with E-state index in [1.54, 1.807) is 0 Å². The van der Waals surface area contributed by atoms with E-state index in [2.05, 4.69) is 45.5 Å². The lowest BCUT2D eigenvalue weighted by Crippen LogP contribution is -2.48. The van der Waals surface area contributed by atoms with Crippen molar-refractivity contribution in [2.24, 2.45) is 11.8 Å². The summed E-state index contributed by atoms with van der Waals surface area (Å²) < 4.78 is 6.18. The van der Waals surface area contributed by atoms with Crippen molar-refractivity contribution < 1.29 is 14.3 Å². The van der Waals surface area contributed by atoms with E-state index in [-0.39, 0.29) is 29.8 Å². The van der Waals surface area contributed by atoms with Crippen molar-refractivity contribution >= 4 is 22.8 Å². The second kappa shape index (κ2) is 10.5. The van der Waals surface area contributed by atoms with Crippen LogP contribution in [0.15, 0.2) is 24.5 Å². The summed E-state index contributed by atoms with van der Waals surface area (Å²) in [4.78, 5) is 37.9. The SMILES string of the molecule is CCC(=O)N[C@H]1CC[C@@H](NC(=O)c2c(C)[nH]c3c(-c4cc(C)ccc4OCC4CC4)ncnc23)[C@H](C)C1. The van der Waals surface area contributed by atoms with Crippen LogP contribution in [0.4, 0.5) is 0 Å². The number of carbonyl (C=O) groups is 2. The molecule has 8 heteroatoms. The Labute approximate surface area is 218 Å². The van der Waals surface area contributed by atoms with Crippen LogP contribution in [-0.4, -0.2) is 45.5 Å². The standard InChI is InChI=1S/C29H37N5O3/c1-5-24(35)33-20-9-10-22(17(3)13-20)34-29(36)25-18(4)32-28-26(30-15-31-27(25)28)21-12-16(2)6-11-23(21)37-14-19-7-8-19/h6,11-12,15,17,19-20,22,32H,5,7-10,13-14H2,1-4H3,(H,33,35)(H,34,36)/t17-,20+,22-/m1/s1. The van der Waals surface area contributed by atoms with Gasteiger partial charge in [-0.05, 0) is 69.9 Å². The number of aromatic nitrogens is 3. The monoisotopic (exact) mass is 503 g/mol. The second-order valence-corrected chi connectivity index (χ2v) is 10.8. The maximum absolute atomic E-state index is 13.5. The highest BCUT2D eigenvalue weighted by Gasteiger charge is 2.31. The van der Waals surface area contributed by atoms with Gasteiger partial charge in [0.15, 0.2) is 0 Å². The zero-order valence-electron chi connectivity index (χ0n) is 22.2. The highest BCUT2D eigenvalue weighted by Crippen LogP contribution is 2.37. The van der Waals surface area contributed by atoms with Crippen molar-refractivity contribution in [3.63, 3.8) is 0 Å². The van der Waals surface area contributed by atoms with Gasteiger partial charge in [-0.15, -0.1) is 0 Å². The fourth-order valence-electron chi connectivity index (χ4n) is 5.36. The van der Waals surface area contributed by atoms with Crippen molar-refractivity contribution in [3.8, 4) is 17.0 Å². The summed E-state index contributed by atoms with van der Waals surface area (Å²) in [5.74, 6) is 1.66. The van der Waals surface area contributed by atoms with Crippen LogP contribution in [0, 0.1) is 25.7 Å². The summed E-state index contributed by atoms with van der Waals surface area (Å²) in [5, 5.41) is 6.35. The molecule has 2 aromatic heterocycles. The normalized spacial score (nSPS) is 21.6. The van der Waals surface area contributed by atoms with Crippen LogP contribution in [0.3, 0.4) is 0 Å². The van der Waals surface area contributed by atoms with E-state index in [9.17, 15) is 9.59 Å². The first-order chi connectivity index (χ1) is 17.8. The third-order valence-corrected chi connectivity index (χ3v) is 7.73. The Bertz CT molecular complexity index is 1310. The number of aromatic amines is 1. The smallest absolute Gasteiger partial charge is 0.255 e. The zero-order chi connectivity index (χ0) is 26.1. The number of H-pyrrole nitrogens is 1. The van der Waals surface area contributed by atoms with Crippen molar-refractivity contribution in [2.75, 3.05) is 6.61 Å². The van der Waals surface area contributed by atoms with Gasteiger partial charge in [0, 0.05) is 29.8 Å². The van der Waals surface area contributed by atoms with Crippen LogP contribution >= 0.6 is 0 Å². The number of rotatable bonds is 8. The number of aryl methyl sites for hydroxylation is 2. The molecule has 2 aliphatic carbocycles. The molecule has 8 nitrogen and oxygen atoms in total. The van der Waals surface area contributed by atoms with Gasteiger partial charge in [-0.1, -0.05) is 25.5 Å². The van der Waals surface area contributed by atoms with Gasteiger partial charge in [0.1, 0.15) is 23.3 Å². The van der Waals surface area contributed by atoms with E-state index in [0.717, 1.165) is 53.0 Å². The van der Waals surface area contributed by atoms with E-state index in [1.807, 2.05) is 26.0 Å². The molecule has 196 valence electrons. The van der Waals surface area contributed by atoms with E-state index < -0.39 is 0 Å². The molecule has 2 heterocycles. The maximum Gasteiger partial charge on any atom is 0.255 e. The number of hydrogen-bond donors (Lipinski definition) is 3. The topological polar surface area (TPSA) is 109 Å². The average Bonchev–Trinajstić information content (AvgIpc) is 3.64. The van der Waals surface area contributed by atoms with E-state index in [0.29, 0.717) is 30.0 Å². The molecule has 5 rings (SSSR count). The van der Waals surface area contributed by atoms with Crippen molar-refractivity contribution in [1.82, 2.24) is 25.6 Å². The molecule has 0 bridgehead atoms. The number of amides is 2. The summed E-state index contributed by atoms with van der Waals surface area (Å²) in [7, 11) is 0. The molecule has 2 aliphatic rings. The number of fused-ring (bicyclic) bond motifs is 1. The average molecular weight is 504 g/mol. The first kappa shape index (κ1) is 25.2. The third kappa shape index (κ3) is 5.48. The third-order valence-electron chi connectivity index (χ3n) is 7.73. The molecule has 2 saturated carbocycles. The fourth-order valence-corrected chi connectivity index (χ4v) is 5.36. The summed E-state index contributed by atoms with van der Waals surface area (Å²) in [6.45, 7) is 8.67. The van der Waals surface area contributed by atoms with Gasteiger partial charge in [-0.2, -0.15) is 0 Å². The molecule has 0 radical (unpaired) electrons. The molecule has 3 aromatic rings. The highest BCUT2D eigenvalue weighted by atomic mass is 16.5. The zero-order valence-corrected chi connectivity index (χ0v) is 22.2. The predicted molar refractivity (Wildman–Crippen MR) is 144 cm³/mol. The van der Waals surface area contributed by atoms with Gasteiger partial charge in [-0.25, -0.2) is 9.97 Å². The highest BCUT2D eigenvalue weighted by molar-refractivity contribution is 6.09. The molecule has 1 aromatic carbocycles. The molecule has 0 aliphatic heterocycles. The van der Waals surface area contributed by atoms with E-state index in [1.165, 1.54) is 19.2 Å². The van der Waals surface area contributed by atoms with Crippen LogP contribution in [0.25, 0.3) is 22.3 Å². The number of ether oxygens (including phenoxy) is 1. The van der Waals surface area contributed by atoms with Crippen molar-refractivity contribution in [1.29, 1.82) is 0 Å². The molecule has 0 saturated heterocycles. The van der Waals surface area contributed by atoms with E-state index in [4.69, 9.17) is 4.74 Å². The lowest BCUT2D eigenvalue weighted by molar-refractivity contribution is -0.121. The lowest BCUT2D eigenvalue weighted by Gasteiger charge is -2.35.